The van der Waals surface area contributed by atoms with Crippen molar-refractivity contribution in [3.05, 3.63) is 94.0 Å². The first-order chi connectivity index (χ1) is 14.1. The first-order valence-electron chi connectivity index (χ1n) is 10.1. The van der Waals surface area contributed by atoms with Crippen molar-refractivity contribution in [1.82, 2.24) is 4.98 Å². The smallest absolute Gasteiger partial charge is 0.117 e. The molecule has 162 valence electrons. The molecule has 0 saturated carbocycles. The van der Waals surface area contributed by atoms with E-state index in [0.29, 0.717) is 0 Å². The van der Waals surface area contributed by atoms with Crippen LogP contribution in [0.4, 0.5) is 5.69 Å². The standard InChI is InChI=1S/C26H26N2S.2ClH/c1-4-28(18-22-8-6-5-7-9-22)23-13-10-21(11-14-23)12-15-26-27-24-16-19(2)20(3)17-25(24)29-26;;/h5-17H,4,18H2,1-3H3;2*1H/b15-12+;;. The maximum atomic E-state index is 4.76. The molecule has 0 amide bonds. The molecule has 0 unspecified atom stereocenters. The molecule has 0 saturated heterocycles. The Balaban J connectivity index is 0.00000171. The lowest BCUT2D eigenvalue weighted by Gasteiger charge is -2.23. The lowest BCUT2D eigenvalue weighted by molar-refractivity contribution is 0.832. The van der Waals surface area contributed by atoms with Crippen LogP contribution >= 0.6 is 36.2 Å². The van der Waals surface area contributed by atoms with E-state index in [-0.39, 0.29) is 24.8 Å². The van der Waals surface area contributed by atoms with Gasteiger partial charge in [-0.05, 0) is 73.4 Å². The number of anilines is 1. The van der Waals surface area contributed by atoms with Crippen molar-refractivity contribution in [1.29, 1.82) is 0 Å². The van der Waals surface area contributed by atoms with Gasteiger partial charge < -0.3 is 4.90 Å². The van der Waals surface area contributed by atoms with Crippen molar-refractivity contribution in [3.63, 3.8) is 0 Å². The van der Waals surface area contributed by atoms with E-state index >= 15 is 0 Å². The minimum atomic E-state index is 0. The highest BCUT2D eigenvalue weighted by Gasteiger charge is 2.06. The molecule has 0 radical (unpaired) electrons. The van der Waals surface area contributed by atoms with Crippen LogP contribution in [0, 0.1) is 13.8 Å². The molecule has 5 heteroatoms. The number of halogens is 2. The van der Waals surface area contributed by atoms with Crippen LogP contribution in [-0.4, -0.2) is 11.5 Å². The van der Waals surface area contributed by atoms with Crippen molar-refractivity contribution in [3.8, 4) is 0 Å². The van der Waals surface area contributed by atoms with Gasteiger partial charge in [-0.15, -0.1) is 36.2 Å². The zero-order chi connectivity index (χ0) is 20.2. The Morgan fingerprint density at radius 3 is 2.23 bits per heavy atom. The van der Waals surface area contributed by atoms with Crippen LogP contribution in [0.2, 0.25) is 0 Å². The van der Waals surface area contributed by atoms with Gasteiger partial charge in [-0.2, -0.15) is 0 Å². The summed E-state index contributed by atoms with van der Waals surface area (Å²) in [5, 5.41) is 1.05. The van der Waals surface area contributed by atoms with Gasteiger partial charge in [0.05, 0.1) is 10.2 Å². The summed E-state index contributed by atoms with van der Waals surface area (Å²) in [5.41, 5.74) is 7.48. The fraction of sp³-hybridized carbons (Fsp3) is 0.192. The summed E-state index contributed by atoms with van der Waals surface area (Å²) in [5.74, 6) is 0. The number of thiazole rings is 1. The lowest BCUT2D eigenvalue weighted by Crippen LogP contribution is -2.21. The minimum Gasteiger partial charge on any atom is -0.367 e. The van der Waals surface area contributed by atoms with Crippen LogP contribution in [0.1, 0.15) is 34.2 Å². The Morgan fingerprint density at radius 2 is 1.55 bits per heavy atom. The first-order valence-corrected chi connectivity index (χ1v) is 10.9. The Labute approximate surface area is 201 Å². The average molecular weight is 471 g/mol. The number of aryl methyl sites for hydroxylation is 2. The van der Waals surface area contributed by atoms with E-state index in [4.69, 9.17) is 4.98 Å². The van der Waals surface area contributed by atoms with E-state index in [1.54, 1.807) is 11.3 Å². The average Bonchev–Trinajstić information content (AvgIpc) is 3.13. The molecular formula is C26H28Cl2N2S. The predicted molar refractivity (Wildman–Crippen MR) is 142 cm³/mol. The van der Waals surface area contributed by atoms with Gasteiger partial charge in [0.25, 0.3) is 0 Å². The molecule has 0 fully saturated rings. The molecule has 0 aliphatic rings. The molecule has 0 spiro atoms. The summed E-state index contributed by atoms with van der Waals surface area (Å²) in [4.78, 5) is 7.15. The van der Waals surface area contributed by atoms with Gasteiger partial charge in [-0.1, -0.05) is 48.5 Å². The topological polar surface area (TPSA) is 16.1 Å². The van der Waals surface area contributed by atoms with Crippen LogP contribution in [-0.2, 0) is 6.54 Å². The monoisotopic (exact) mass is 470 g/mol. The molecular weight excluding hydrogens is 443 g/mol. The zero-order valence-electron chi connectivity index (χ0n) is 18.0. The third-order valence-corrected chi connectivity index (χ3v) is 6.28. The van der Waals surface area contributed by atoms with Crippen LogP contribution in [0.15, 0.2) is 66.7 Å². The number of fused-ring (bicyclic) bond motifs is 1. The molecule has 4 rings (SSSR count). The van der Waals surface area contributed by atoms with E-state index in [2.05, 4.69) is 105 Å². The molecule has 0 N–H and O–H groups in total. The van der Waals surface area contributed by atoms with Gasteiger partial charge in [-0.3, -0.25) is 0 Å². The largest absolute Gasteiger partial charge is 0.367 e. The van der Waals surface area contributed by atoms with Gasteiger partial charge in [0, 0.05) is 18.8 Å². The van der Waals surface area contributed by atoms with Crippen LogP contribution in [0.25, 0.3) is 22.4 Å². The Bertz CT molecular complexity index is 1100. The highest BCUT2D eigenvalue weighted by molar-refractivity contribution is 7.19. The quantitative estimate of drug-likeness (QED) is 0.284. The van der Waals surface area contributed by atoms with Gasteiger partial charge in [0.2, 0.25) is 0 Å². The van der Waals surface area contributed by atoms with E-state index in [0.717, 1.165) is 23.6 Å². The molecule has 3 aromatic carbocycles. The number of benzene rings is 3. The van der Waals surface area contributed by atoms with Crippen LogP contribution in [0.3, 0.4) is 0 Å². The summed E-state index contributed by atoms with van der Waals surface area (Å²) in [6.07, 6.45) is 4.26. The van der Waals surface area contributed by atoms with Gasteiger partial charge >= 0.3 is 0 Å². The van der Waals surface area contributed by atoms with E-state index in [1.807, 2.05) is 0 Å². The minimum absolute atomic E-state index is 0. The second kappa shape index (κ2) is 11.3. The molecule has 1 aromatic heterocycles. The van der Waals surface area contributed by atoms with Gasteiger partial charge in [0.15, 0.2) is 0 Å². The molecule has 0 aliphatic heterocycles. The highest BCUT2D eigenvalue weighted by Crippen LogP contribution is 2.27. The fourth-order valence-corrected chi connectivity index (χ4v) is 4.37. The van der Waals surface area contributed by atoms with Crippen molar-refractivity contribution in [2.75, 3.05) is 11.4 Å². The third-order valence-electron chi connectivity index (χ3n) is 5.30. The second-order valence-electron chi connectivity index (χ2n) is 7.38. The van der Waals surface area contributed by atoms with Crippen LogP contribution in [0.5, 0.6) is 0 Å². The summed E-state index contributed by atoms with van der Waals surface area (Å²) >= 11 is 1.75. The molecule has 4 aromatic rings. The Hall–Kier alpha value is -2.33. The molecule has 0 aliphatic carbocycles. The molecule has 2 nitrogen and oxygen atoms in total. The molecule has 0 bridgehead atoms. The Kier molecular flexibility index (Phi) is 9.12. The zero-order valence-corrected chi connectivity index (χ0v) is 20.5. The SMILES string of the molecule is CCN(Cc1ccccc1)c1ccc(/C=C/c2nc3cc(C)c(C)cc3s2)cc1.Cl.Cl. The fourth-order valence-electron chi connectivity index (χ4n) is 3.42. The number of rotatable bonds is 6. The van der Waals surface area contributed by atoms with Crippen molar-refractivity contribution < 1.29 is 0 Å². The predicted octanol–water partition coefficient (Wildman–Crippen LogP) is 7.95. The summed E-state index contributed by atoms with van der Waals surface area (Å²) in [6.45, 7) is 8.41. The maximum absolute atomic E-state index is 4.76. The van der Waals surface area contributed by atoms with Crippen LogP contribution < -0.4 is 4.90 Å². The third kappa shape index (κ3) is 6.10. The first kappa shape index (κ1) is 24.9. The molecule has 31 heavy (non-hydrogen) atoms. The highest BCUT2D eigenvalue weighted by atomic mass is 35.5. The van der Waals surface area contributed by atoms with Gasteiger partial charge in [0.1, 0.15) is 5.01 Å². The second-order valence-corrected chi connectivity index (χ2v) is 8.44. The summed E-state index contributed by atoms with van der Waals surface area (Å²) in [7, 11) is 0. The van der Waals surface area contributed by atoms with Crippen molar-refractivity contribution >= 4 is 64.2 Å². The molecule has 1 heterocycles. The lowest BCUT2D eigenvalue weighted by atomic mass is 10.1. The number of nitrogens with zero attached hydrogens (tertiary/aromatic N) is 2. The van der Waals surface area contributed by atoms with Gasteiger partial charge in [-0.25, -0.2) is 4.98 Å². The number of hydrogen-bond acceptors (Lipinski definition) is 3. The number of aromatic nitrogens is 1. The normalized spacial score (nSPS) is 10.7. The maximum Gasteiger partial charge on any atom is 0.117 e. The summed E-state index contributed by atoms with van der Waals surface area (Å²) < 4.78 is 1.25. The van der Waals surface area contributed by atoms with Crippen molar-refractivity contribution in [2.24, 2.45) is 0 Å². The number of hydrogen-bond donors (Lipinski definition) is 0. The Morgan fingerprint density at radius 1 is 0.871 bits per heavy atom. The van der Waals surface area contributed by atoms with E-state index in [9.17, 15) is 0 Å². The molecule has 0 atom stereocenters. The summed E-state index contributed by atoms with van der Waals surface area (Å²) in [6, 6.07) is 23.8. The van der Waals surface area contributed by atoms with E-state index < -0.39 is 0 Å². The van der Waals surface area contributed by atoms with E-state index in [1.165, 1.54) is 32.6 Å². The van der Waals surface area contributed by atoms with Crippen molar-refractivity contribution in [2.45, 2.75) is 27.3 Å².